The number of rotatable bonds is 6. The van der Waals surface area contributed by atoms with E-state index in [4.69, 9.17) is 9.47 Å². The summed E-state index contributed by atoms with van der Waals surface area (Å²) < 4.78 is 10.5. The molecule has 5 heteroatoms. The summed E-state index contributed by atoms with van der Waals surface area (Å²) >= 11 is 0. The molecule has 2 rings (SSSR count). The molecular formula is C20H24N2O3. The molecule has 0 atom stereocenters. The van der Waals surface area contributed by atoms with Gasteiger partial charge in [-0.2, -0.15) is 5.10 Å². The highest BCUT2D eigenvalue weighted by molar-refractivity contribution is 5.99. The second kappa shape index (κ2) is 8.33. The molecule has 2 aromatic rings. The van der Waals surface area contributed by atoms with Gasteiger partial charge in [-0.05, 0) is 55.7 Å². The van der Waals surface area contributed by atoms with Gasteiger partial charge in [0.1, 0.15) is 0 Å². The number of hydrogen-bond donors (Lipinski definition) is 1. The van der Waals surface area contributed by atoms with Gasteiger partial charge < -0.3 is 9.47 Å². The number of amides is 1. The largest absolute Gasteiger partial charge is 0.493 e. The van der Waals surface area contributed by atoms with Crippen LogP contribution in [0.3, 0.4) is 0 Å². The summed E-state index contributed by atoms with van der Waals surface area (Å²) in [6.07, 6.45) is 0.295. The van der Waals surface area contributed by atoms with Gasteiger partial charge in [0, 0.05) is 5.56 Å². The molecule has 0 radical (unpaired) electrons. The van der Waals surface area contributed by atoms with E-state index in [-0.39, 0.29) is 5.91 Å². The molecule has 0 saturated heterocycles. The predicted octanol–water partition coefficient (Wildman–Crippen LogP) is 3.40. The Balaban J connectivity index is 2.04. The first-order chi connectivity index (χ1) is 11.9. The fourth-order valence-corrected chi connectivity index (χ4v) is 2.41. The molecule has 0 heterocycles. The highest BCUT2D eigenvalue weighted by Crippen LogP contribution is 2.27. The van der Waals surface area contributed by atoms with Gasteiger partial charge >= 0.3 is 0 Å². The minimum absolute atomic E-state index is 0.150. The van der Waals surface area contributed by atoms with Crippen molar-refractivity contribution >= 4 is 11.6 Å². The Hall–Kier alpha value is -2.82. The Kier molecular flexibility index (Phi) is 6.17. The molecule has 0 aliphatic carbocycles. The first-order valence-corrected chi connectivity index (χ1v) is 8.06. The van der Waals surface area contributed by atoms with Crippen LogP contribution < -0.4 is 14.9 Å². The van der Waals surface area contributed by atoms with Crippen LogP contribution in [0.5, 0.6) is 11.5 Å². The smallest absolute Gasteiger partial charge is 0.244 e. The van der Waals surface area contributed by atoms with E-state index in [0.29, 0.717) is 23.6 Å². The van der Waals surface area contributed by atoms with Crippen molar-refractivity contribution in [1.82, 2.24) is 5.43 Å². The zero-order chi connectivity index (χ0) is 18.4. The highest BCUT2D eigenvalue weighted by atomic mass is 16.5. The van der Waals surface area contributed by atoms with Crippen LogP contribution in [0.2, 0.25) is 0 Å². The number of ether oxygens (including phenoxy) is 2. The minimum atomic E-state index is -0.150. The number of benzene rings is 2. The molecule has 0 aliphatic rings. The SMILES string of the molecule is COc1ccc(/C(C)=N\NC(=O)Cc2ccc(C)c(C)c2)cc1OC. The van der Waals surface area contributed by atoms with Gasteiger partial charge in [-0.3, -0.25) is 4.79 Å². The average molecular weight is 340 g/mol. The van der Waals surface area contributed by atoms with Gasteiger partial charge in [-0.1, -0.05) is 18.2 Å². The van der Waals surface area contributed by atoms with Crippen molar-refractivity contribution in [2.24, 2.45) is 5.10 Å². The molecule has 5 nitrogen and oxygen atoms in total. The Labute approximate surface area is 148 Å². The van der Waals surface area contributed by atoms with Crippen LogP contribution in [0.4, 0.5) is 0 Å². The van der Waals surface area contributed by atoms with E-state index in [9.17, 15) is 4.79 Å². The highest BCUT2D eigenvalue weighted by Gasteiger charge is 2.08. The lowest BCUT2D eigenvalue weighted by molar-refractivity contribution is -0.120. The Morgan fingerprint density at radius 1 is 1.00 bits per heavy atom. The third-order valence-electron chi connectivity index (χ3n) is 4.09. The van der Waals surface area contributed by atoms with E-state index < -0.39 is 0 Å². The number of hydrogen-bond acceptors (Lipinski definition) is 4. The second-order valence-electron chi connectivity index (χ2n) is 5.90. The number of nitrogens with zero attached hydrogens (tertiary/aromatic N) is 1. The Bertz CT molecular complexity index is 798. The summed E-state index contributed by atoms with van der Waals surface area (Å²) in [6.45, 7) is 5.92. The first kappa shape index (κ1) is 18.5. The fourth-order valence-electron chi connectivity index (χ4n) is 2.41. The molecule has 0 fully saturated rings. The first-order valence-electron chi connectivity index (χ1n) is 8.06. The summed E-state index contributed by atoms with van der Waals surface area (Å²) in [5.41, 5.74) is 7.51. The molecule has 0 spiro atoms. The molecule has 2 aromatic carbocycles. The standard InChI is InChI=1S/C20H24N2O3/c1-13-6-7-16(10-14(13)2)11-20(23)22-21-15(3)17-8-9-18(24-4)19(12-17)25-5/h6-10,12H,11H2,1-5H3,(H,22,23)/b21-15-. The van der Waals surface area contributed by atoms with Gasteiger partial charge in [0.2, 0.25) is 5.91 Å². The van der Waals surface area contributed by atoms with Gasteiger partial charge in [-0.25, -0.2) is 5.43 Å². The minimum Gasteiger partial charge on any atom is -0.493 e. The van der Waals surface area contributed by atoms with Crippen molar-refractivity contribution in [2.45, 2.75) is 27.2 Å². The molecular weight excluding hydrogens is 316 g/mol. The summed E-state index contributed by atoms with van der Waals surface area (Å²) in [4.78, 5) is 12.1. The number of hydrazone groups is 1. The van der Waals surface area contributed by atoms with Crippen LogP contribution >= 0.6 is 0 Å². The second-order valence-corrected chi connectivity index (χ2v) is 5.90. The van der Waals surface area contributed by atoms with Crippen molar-refractivity contribution in [3.63, 3.8) is 0 Å². The van der Waals surface area contributed by atoms with Gasteiger partial charge in [-0.15, -0.1) is 0 Å². The third kappa shape index (κ3) is 4.83. The van der Waals surface area contributed by atoms with Crippen molar-refractivity contribution in [3.8, 4) is 11.5 Å². The van der Waals surface area contributed by atoms with Crippen LogP contribution in [-0.4, -0.2) is 25.8 Å². The number of carbonyl (C=O) groups is 1. The van der Waals surface area contributed by atoms with Crippen LogP contribution in [0.15, 0.2) is 41.5 Å². The maximum absolute atomic E-state index is 12.1. The van der Waals surface area contributed by atoms with Crippen LogP contribution in [0, 0.1) is 13.8 Å². The maximum atomic E-state index is 12.1. The zero-order valence-corrected chi connectivity index (χ0v) is 15.3. The predicted molar refractivity (Wildman–Crippen MR) is 99.5 cm³/mol. The third-order valence-corrected chi connectivity index (χ3v) is 4.09. The fraction of sp³-hybridized carbons (Fsp3) is 0.300. The summed E-state index contributed by atoms with van der Waals surface area (Å²) in [7, 11) is 3.17. The van der Waals surface area contributed by atoms with E-state index in [0.717, 1.165) is 11.1 Å². The number of nitrogens with one attached hydrogen (secondary N) is 1. The van der Waals surface area contributed by atoms with E-state index >= 15 is 0 Å². The zero-order valence-electron chi connectivity index (χ0n) is 15.3. The summed E-state index contributed by atoms with van der Waals surface area (Å²) in [6, 6.07) is 11.5. The van der Waals surface area contributed by atoms with Crippen LogP contribution in [0.25, 0.3) is 0 Å². The molecule has 132 valence electrons. The average Bonchev–Trinajstić information content (AvgIpc) is 2.62. The molecule has 0 bridgehead atoms. The normalized spacial score (nSPS) is 11.2. The summed E-state index contributed by atoms with van der Waals surface area (Å²) in [5, 5.41) is 4.18. The monoisotopic (exact) mass is 340 g/mol. The molecule has 0 aromatic heterocycles. The Morgan fingerprint density at radius 3 is 2.36 bits per heavy atom. The van der Waals surface area contributed by atoms with E-state index in [2.05, 4.69) is 17.5 Å². The molecule has 0 saturated carbocycles. The number of aryl methyl sites for hydroxylation is 2. The van der Waals surface area contributed by atoms with Crippen molar-refractivity contribution in [2.75, 3.05) is 14.2 Å². The van der Waals surface area contributed by atoms with Gasteiger partial charge in [0.25, 0.3) is 0 Å². The van der Waals surface area contributed by atoms with Crippen molar-refractivity contribution < 1.29 is 14.3 Å². The van der Waals surface area contributed by atoms with Crippen LogP contribution in [0.1, 0.15) is 29.2 Å². The lowest BCUT2D eigenvalue weighted by Gasteiger charge is -2.09. The van der Waals surface area contributed by atoms with E-state index in [1.807, 2.05) is 50.2 Å². The van der Waals surface area contributed by atoms with Gasteiger partial charge in [0.15, 0.2) is 11.5 Å². The number of carbonyl (C=O) groups excluding carboxylic acids is 1. The topological polar surface area (TPSA) is 59.9 Å². The molecule has 0 unspecified atom stereocenters. The lowest BCUT2D eigenvalue weighted by atomic mass is 10.0. The quantitative estimate of drug-likeness (QED) is 0.647. The molecule has 1 amide bonds. The van der Waals surface area contributed by atoms with E-state index in [1.165, 1.54) is 11.1 Å². The van der Waals surface area contributed by atoms with Gasteiger partial charge in [0.05, 0.1) is 26.4 Å². The summed E-state index contributed by atoms with van der Waals surface area (Å²) in [5.74, 6) is 1.12. The number of methoxy groups -OCH3 is 2. The molecule has 0 aliphatic heterocycles. The molecule has 1 N–H and O–H groups in total. The lowest BCUT2D eigenvalue weighted by Crippen LogP contribution is -2.21. The van der Waals surface area contributed by atoms with Crippen LogP contribution in [-0.2, 0) is 11.2 Å². The molecule has 25 heavy (non-hydrogen) atoms. The van der Waals surface area contributed by atoms with E-state index in [1.54, 1.807) is 14.2 Å². The van der Waals surface area contributed by atoms with Crippen molar-refractivity contribution in [1.29, 1.82) is 0 Å². The van der Waals surface area contributed by atoms with Crippen molar-refractivity contribution in [3.05, 3.63) is 58.7 Å². The maximum Gasteiger partial charge on any atom is 0.244 e. The Morgan fingerprint density at radius 2 is 1.72 bits per heavy atom.